The molecule has 2 amide bonds. The second-order valence-electron chi connectivity index (χ2n) is 6.87. The molecular formula is C20H23N3O5S. The molecule has 0 fully saturated rings. The largest absolute Gasteiger partial charge is 0.479 e. The van der Waals surface area contributed by atoms with Crippen molar-refractivity contribution in [3.05, 3.63) is 48.0 Å². The molecule has 29 heavy (non-hydrogen) atoms. The van der Waals surface area contributed by atoms with Crippen molar-refractivity contribution >= 4 is 33.2 Å². The Hall–Kier alpha value is -2.91. The summed E-state index contributed by atoms with van der Waals surface area (Å²) in [6, 6.07) is 10.4. The summed E-state index contributed by atoms with van der Waals surface area (Å²) in [5, 5.41) is 5.44. The highest BCUT2D eigenvalue weighted by Crippen LogP contribution is 2.32. The lowest BCUT2D eigenvalue weighted by molar-refractivity contribution is -0.122. The lowest BCUT2D eigenvalue weighted by Gasteiger charge is -2.23. The van der Waals surface area contributed by atoms with Crippen LogP contribution in [0.3, 0.4) is 0 Å². The van der Waals surface area contributed by atoms with Gasteiger partial charge in [-0.15, -0.1) is 0 Å². The number of carbonyl (C=O) groups excluding carboxylic acids is 2. The lowest BCUT2D eigenvalue weighted by Crippen LogP contribution is -2.34. The Balaban J connectivity index is 1.72. The number of nitrogens with one attached hydrogen (secondary N) is 3. The molecule has 2 aromatic rings. The predicted molar refractivity (Wildman–Crippen MR) is 110 cm³/mol. The average molecular weight is 417 g/mol. The van der Waals surface area contributed by atoms with Crippen molar-refractivity contribution in [2.75, 3.05) is 10.6 Å². The van der Waals surface area contributed by atoms with Crippen LogP contribution < -0.4 is 20.1 Å². The molecule has 1 heterocycles. The molecule has 1 aliphatic heterocycles. The molecular weight excluding hydrogens is 394 g/mol. The van der Waals surface area contributed by atoms with Crippen LogP contribution in [-0.2, 0) is 14.8 Å². The minimum Gasteiger partial charge on any atom is -0.479 e. The van der Waals surface area contributed by atoms with Gasteiger partial charge in [0.15, 0.2) is 6.10 Å². The first kappa shape index (κ1) is 20.8. The number of amides is 2. The maximum atomic E-state index is 12.5. The van der Waals surface area contributed by atoms with Crippen LogP contribution in [0.1, 0.15) is 37.6 Å². The van der Waals surface area contributed by atoms with Crippen molar-refractivity contribution in [2.24, 2.45) is 0 Å². The maximum Gasteiger partial charge on any atom is 0.265 e. The van der Waals surface area contributed by atoms with E-state index in [1.807, 2.05) is 6.92 Å². The highest BCUT2D eigenvalue weighted by Gasteiger charge is 2.24. The summed E-state index contributed by atoms with van der Waals surface area (Å²) in [5.41, 5.74) is 1.25. The van der Waals surface area contributed by atoms with Gasteiger partial charge in [-0.25, -0.2) is 13.1 Å². The monoisotopic (exact) mass is 417 g/mol. The molecule has 3 N–H and O–H groups in total. The molecule has 2 atom stereocenters. The number of hydrogen-bond donors (Lipinski definition) is 3. The number of benzene rings is 2. The molecule has 9 heteroatoms. The highest BCUT2D eigenvalue weighted by molar-refractivity contribution is 7.89. The van der Waals surface area contributed by atoms with Crippen molar-refractivity contribution in [3.63, 3.8) is 0 Å². The molecule has 0 aliphatic carbocycles. The van der Waals surface area contributed by atoms with Crippen molar-refractivity contribution < 1.29 is 22.7 Å². The third-order valence-corrected chi connectivity index (χ3v) is 6.17. The summed E-state index contributed by atoms with van der Waals surface area (Å²) in [6.07, 6.45) is 0.0952. The Morgan fingerprint density at radius 2 is 1.90 bits per heavy atom. The summed E-state index contributed by atoms with van der Waals surface area (Å²) >= 11 is 0. The van der Waals surface area contributed by atoms with E-state index in [4.69, 9.17) is 4.74 Å². The number of ether oxygens (including phenoxy) is 1. The number of rotatable bonds is 6. The fourth-order valence-electron chi connectivity index (χ4n) is 2.69. The molecule has 154 valence electrons. The lowest BCUT2D eigenvalue weighted by atomic mass is 10.2. The van der Waals surface area contributed by atoms with Crippen LogP contribution in [0.25, 0.3) is 0 Å². The van der Waals surface area contributed by atoms with Crippen molar-refractivity contribution in [2.45, 2.75) is 44.2 Å². The topological polar surface area (TPSA) is 114 Å². The normalized spacial score (nSPS) is 16.9. The van der Waals surface area contributed by atoms with Crippen molar-refractivity contribution in [1.29, 1.82) is 0 Å². The Labute approximate surface area is 169 Å². The molecule has 0 unspecified atom stereocenters. The van der Waals surface area contributed by atoms with E-state index in [1.54, 1.807) is 32.0 Å². The van der Waals surface area contributed by atoms with E-state index in [9.17, 15) is 18.0 Å². The minimum atomic E-state index is -3.63. The smallest absolute Gasteiger partial charge is 0.265 e. The van der Waals surface area contributed by atoms with E-state index in [1.165, 1.54) is 24.3 Å². The Bertz CT molecular complexity index is 1030. The standard InChI is InChI=1S/C20H23N3O5S/c1-4-12(2)23-29(26,27)16-8-5-14(6-9-16)20(25)21-15-7-10-18-17(11-15)22-19(24)13(3)28-18/h5-13,23H,4H2,1-3H3,(H,21,25)(H,22,24)/t12-,13+/m1/s1. The molecule has 0 spiro atoms. The molecule has 0 aromatic heterocycles. The summed E-state index contributed by atoms with van der Waals surface area (Å²) in [5.74, 6) is -0.137. The van der Waals surface area contributed by atoms with Crippen LogP contribution in [0.5, 0.6) is 5.75 Å². The first-order valence-electron chi connectivity index (χ1n) is 9.25. The second kappa shape index (κ2) is 8.22. The van der Waals surface area contributed by atoms with Gasteiger partial charge in [-0.05, 0) is 62.7 Å². The number of anilines is 2. The zero-order chi connectivity index (χ0) is 21.2. The van der Waals surface area contributed by atoms with Gasteiger partial charge in [0, 0.05) is 17.3 Å². The summed E-state index contributed by atoms with van der Waals surface area (Å²) in [6.45, 7) is 5.32. The molecule has 2 aromatic carbocycles. The number of carbonyl (C=O) groups is 2. The van der Waals surface area contributed by atoms with Crippen LogP contribution in [0, 0.1) is 0 Å². The fourth-order valence-corrected chi connectivity index (χ4v) is 4.02. The highest BCUT2D eigenvalue weighted by atomic mass is 32.2. The third kappa shape index (κ3) is 4.75. The van der Waals surface area contributed by atoms with Gasteiger partial charge in [0.1, 0.15) is 5.75 Å². The van der Waals surface area contributed by atoms with Crippen LogP contribution in [0.4, 0.5) is 11.4 Å². The zero-order valence-corrected chi connectivity index (χ0v) is 17.2. The Kier molecular flexibility index (Phi) is 5.90. The Morgan fingerprint density at radius 1 is 1.21 bits per heavy atom. The molecule has 0 radical (unpaired) electrons. The summed E-state index contributed by atoms with van der Waals surface area (Å²) < 4.78 is 32.7. The van der Waals surface area contributed by atoms with Crippen molar-refractivity contribution in [3.8, 4) is 5.75 Å². The summed E-state index contributed by atoms with van der Waals surface area (Å²) in [4.78, 5) is 24.3. The SMILES string of the molecule is CC[C@@H](C)NS(=O)(=O)c1ccc(C(=O)Nc2ccc3c(c2)NC(=O)[C@H](C)O3)cc1. The van der Waals surface area contributed by atoms with Gasteiger partial charge < -0.3 is 15.4 Å². The number of hydrogen-bond acceptors (Lipinski definition) is 5. The predicted octanol–water partition coefficient (Wildman–Crippen LogP) is 2.74. The zero-order valence-electron chi connectivity index (χ0n) is 16.4. The fraction of sp³-hybridized carbons (Fsp3) is 0.300. The van der Waals surface area contributed by atoms with Crippen LogP contribution >= 0.6 is 0 Å². The van der Waals surface area contributed by atoms with E-state index < -0.39 is 22.0 Å². The van der Waals surface area contributed by atoms with Crippen molar-refractivity contribution in [1.82, 2.24) is 4.72 Å². The van der Waals surface area contributed by atoms with Gasteiger partial charge in [-0.2, -0.15) is 0 Å². The van der Waals surface area contributed by atoms with Gasteiger partial charge in [0.25, 0.3) is 11.8 Å². The molecule has 3 rings (SSSR count). The third-order valence-electron chi connectivity index (χ3n) is 4.56. The van der Waals surface area contributed by atoms with E-state index >= 15 is 0 Å². The van der Waals surface area contributed by atoms with Gasteiger partial charge in [0.05, 0.1) is 10.6 Å². The van der Waals surface area contributed by atoms with E-state index in [-0.39, 0.29) is 16.8 Å². The number of sulfonamides is 1. The molecule has 8 nitrogen and oxygen atoms in total. The van der Waals surface area contributed by atoms with Crippen LogP contribution in [0.2, 0.25) is 0 Å². The van der Waals surface area contributed by atoms with Crippen LogP contribution in [-0.4, -0.2) is 32.4 Å². The second-order valence-corrected chi connectivity index (χ2v) is 8.58. The Morgan fingerprint density at radius 3 is 2.55 bits per heavy atom. The maximum absolute atomic E-state index is 12.5. The number of fused-ring (bicyclic) bond motifs is 1. The van der Waals surface area contributed by atoms with Crippen LogP contribution in [0.15, 0.2) is 47.4 Å². The molecule has 0 bridgehead atoms. The summed E-state index contributed by atoms with van der Waals surface area (Å²) in [7, 11) is -3.63. The van der Waals surface area contributed by atoms with Gasteiger partial charge in [-0.3, -0.25) is 9.59 Å². The van der Waals surface area contributed by atoms with E-state index in [0.717, 1.165) is 0 Å². The average Bonchev–Trinajstić information content (AvgIpc) is 2.68. The quantitative estimate of drug-likeness (QED) is 0.669. The molecule has 0 saturated carbocycles. The molecule has 0 saturated heterocycles. The van der Waals surface area contributed by atoms with E-state index in [2.05, 4.69) is 15.4 Å². The van der Waals surface area contributed by atoms with Gasteiger partial charge >= 0.3 is 0 Å². The van der Waals surface area contributed by atoms with Gasteiger partial charge in [0.2, 0.25) is 10.0 Å². The minimum absolute atomic E-state index is 0.0945. The first-order valence-corrected chi connectivity index (χ1v) is 10.7. The molecule has 1 aliphatic rings. The first-order chi connectivity index (χ1) is 13.7. The van der Waals surface area contributed by atoms with Gasteiger partial charge in [-0.1, -0.05) is 6.92 Å². The van der Waals surface area contributed by atoms with E-state index in [0.29, 0.717) is 29.1 Å².